The smallest absolute Gasteiger partial charge is 0.307 e. The van der Waals surface area contributed by atoms with Crippen LogP contribution in [-0.4, -0.2) is 31.9 Å². The van der Waals surface area contributed by atoms with Crippen LogP contribution in [0.5, 0.6) is 5.75 Å². The van der Waals surface area contributed by atoms with Gasteiger partial charge in [0.15, 0.2) is 5.78 Å². The van der Waals surface area contributed by atoms with Crippen LogP contribution in [0, 0.1) is 0 Å². The molecule has 0 fully saturated rings. The molecule has 0 bridgehead atoms. The Morgan fingerprint density at radius 3 is 2.54 bits per heavy atom. The lowest BCUT2D eigenvalue weighted by atomic mass is 10.0. The predicted octanol–water partition coefficient (Wildman–Crippen LogP) is 2.92. The Kier molecular flexibility index (Phi) is 6.91. The number of carbonyl (C=O) groups excluding carboxylic acids is 3. The maximum absolute atomic E-state index is 12.5. The Bertz CT molecular complexity index is 785. The first-order valence-corrected chi connectivity index (χ1v) is 8.90. The van der Waals surface area contributed by atoms with Crippen molar-refractivity contribution in [2.75, 3.05) is 14.2 Å². The SMILES string of the molecule is COC(=O)C[C@H](NC(=O)Cc1cc(C(C)=O)ccc1OC)c1cccs1. The predicted molar refractivity (Wildman–Crippen MR) is 98.5 cm³/mol. The molecule has 0 saturated carbocycles. The van der Waals surface area contributed by atoms with E-state index in [1.165, 1.54) is 32.5 Å². The van der Waals surface area contributed by atoms with Crippen molar-refractivity contribution >= 4 is 29.0 Å². The highest BCUT2D eigenvalue weighted by molar-refractivity contribution is 7.10. The van der Waals surface area contributed by atoms with Gasteiger partial charge in [0, 0.05) is 16.0 Å². The van der Waals surface area contributed by atoms with Gasteiger partial charge in [-0.25, -0.2) is 0 Å². The van der Waals surface area contributed by atoms with E-state index in [4.69, 9.17) is 9.47 Å². The third-order valence-electron chi connectivity index (χ3n) is 3.86. The van der Waals surface area contributed by atoms with E-state index in [0.717, 1.165) is 4.88 Å². The molecular weight excluding hydrogens is 354 g/mol. The standard InChI is InChI=1S/C19H21NO5S/c1-12(21)13-6-7-16(24-2)14(9-13)10-18(22)20-15(11-19(23)25-3)17-5-4-8-26-17/h4-9,15H,10-11H2,1-3H3,(H,20,22)/t15-/m0/s1. The summed E-state index contributed by atoms with van der Waals surface area (Å²) in [6, 6.07) is 8.24. The number of carbonyl (C=O) groups is 3. The summed E-state index contributed by atoms with van der Waals surface area (Å²) in [5.41, 5.74) is 1.12. The van der Waals surface area contributed by atoms with Gasteiger partial charge in [0.2, 0.25) is 5.91 Å². The van der Waals surface area contributed by atoms with Crippen LogP contribution in [-0.2, 0) is 20.7 Å². The number of ether oxygens (including phenoxy) is 2. The summed E-state index contributed by atoms with van der Waals surface area (Å²) in [5, 5.41) is 4.74. The normalized spacial score (nSPS) is 11.5. The van der Waals surface area contributed by atoms with Crippen LogP contribution < -0.4 is 10.1 Å². The quantitative estimate of drug-likeness (QED) is 0.567. The average molecular weight is 375 g/mol. The maximum atomic E-state index is 12.5. The monoisotopic (exact) mass is 375 g/mol. The lowest BCUT2D eigenvalue weighted by molar-refractivity contribution is -0.141. The third-order valence-corrected chi connectivity index (χ3v) is 4.84. The fourth-order valence-corrected chi connectivity index (χ4v) is 3.29. The minimum absolute atomic E-state index is 0.0351. The van der Waals surface area contributed by atoms with Crippen LogP contribution in [0.25, 0.3) is 0 Å². The molecule has 0 aliphatic heterocycles. The van der Waals surface area contributed by atoms with Crippen LogP contribution in [0.1, 0.15) is 40.2 Å². The van der Waals surface area contributed by atoms with Crippen molar-refractivity contribution in [2.45, 2.75) is 25.8 Å². The van der Waals surface area contributed by atoms with Gasteiger partial charge < -0.3 is 14.8 Å². The summed E-state index contributed by atoms with van der Waals surface area (Å²) in [4.78, 5) is 36.6. The molecule has 0 aliphatic rings. The van der Waals surface area contributed by atoms with Gasteiger partial charge in [0.1, 0.15) is 5.75 Å². The zero-order chi connectivity index (χ0) is 19.1. The maximum Gasteiger partial charge on any atom is 0.307 e. The van der Waals surface area contributed by atoms with E-state index in [1.54, 1.807) is 18.2 Å². The van der Waals surface area contributed by atoms with Gasteiger partial charge in [-0.2, -0.15) is 0 Å². The molecule has 1 aromatic heterocycles. The summed E-state index contributed by atoms with van der Waals surface area (Å²) in [6.07, 6.45) is 0.0840. The second kappa shape index (κ2) is 9.15. The Morgan fingerprint density at radius 2 is 1.96 bits per heavy atom. The molecular formula is C19H21NO5S. The van der Waals surface area contributed by atoms with Gasteiger partial charge in [-0.15, -0.1) is 11.3 Å². The highest BCUT2D eigenvalue weighted by atomic mass is 32.1. The highest BCUT2D eigenvalue weighted by Crippen LogP contribution is 2.24. The highest BCUT2D eigenvalue weighted by Gasteiger charge is 2.21. The molecule has 7 heteroatoms. The molecule has 2 rings (SSSR count). The van der Waals surface area contributed by atoms with Crippen LogP contribution in [0.3, 0.4) is 0 Å². The molecule has 0 saturated heterocycles. The molecule has 0 spiro atoms. The van der Waals surface area contributed by atoms with E-state index in [0.29, 0.717) is 16.9 Å². The van der Waals surface area contributed by atoms with Crippen molar-refractivity contribution in [3.63, 3.8) is 0 Å². The summed E-state index contributed by atoms with van der Waals surface area (Å²) in [5.74, 6) is -0.228. The third kappa shape index (κ3) is 5.16. The number of thiophene rings is 1. The second-order valence-corrected chi connectivity index (χ2v) is 6.65. The number of nitrogens with one attached hydrogen (secondary N) is 1. The van der Waals surface area contributed by atoms with E-state index in [9.17, 15) is 14.4 Å². The minimum Gasteiger partial charge on any atom is -0.496 e. The molecule has 138 valence electrons. The average Bonchev–Trinajstić information content (AvgIpc) is 3.15. The van der Waals surface area contributed by atoms with Gasteiger partial charge in [-0.1, -0.05) is 6.07 Å². The Hall–Kier alpha value is -2.67. The Morgan fingerprint density at radius 1 is 1.19 bits per heavy atom. The van der Waals surface area contributed by atoms with Crippen molar-refractivity contribution in [3.8, 4) is 5.75 Å². The molecule has 1 amide bonds. The van der Waals surface area contributed by atoms with Crippen LogP contribution in [0.4, 0.5) is 0 Å². The number of hydrogen-bond acceptors (Lipinski definition) is 6. The first-order chi connectivity index (χ1) is 12.4. The lowest BCUT2D eigenvalue weighted by Crippen LogP contribution is -2.31. The Labute approximate surface area is 156 Å². The van der Waals surface area contributed by atoms with Gasteiger partial charge in [0.25, 0.3) is 0 Å². The molecule has 1 atom stereocenters. The molecule has 1 N–H and O–H groups in total. The van der Waals surface area contributed by atoms with Crippen molar-refractivity contribution in [1.82, 2.24) is 5.32 Å². The first kappa shape index (κ1) is 19.7. The van der Waals surface area contributed by atoms with Crippen LogP contribution >= 0.6 is 11.3 Å². The topological polar surface area (TPSA) is 81.7 Å². The summed E-state index contributed by atoms with van der Waals surface area (Å²) >= 11 is 1.45. The fourth-order valence-electron chi connectivity index (χ4n) is 2.52. The number of rotatable bonds is 8. The number of ketones is 1. The van der Waals surface area contributed by atoms with E-state index in [2.05, 4.69) is 5.32 Å². The molecule has 1 aromatic carbocycles. The van der Waals surface area contributed by atoms with E-state index in [-0.39, 0.29) is 24.5 Å². The zero-order valence-electron chi connectivity index (χ0n) is 14.9. The molecule has 1 heterocycles. The fraction of sp³-hybridized carbons (Fsp3) is 0.316. The van der Waals surface area contributed by atoms with Crippen molar-refractivity contribution < 1.29 is 23.9 Å². The van der Waals surface area contributed by atoms with Gasteiger partial charge in [-0.3, -0.25) is 14.4 Å². The van der Waals surface area contributed by atoms with Crippen LogP contribution in [0.15, 0.2) is 35.7 Å². The zero-order valence-corrected chi connectivity index (χ0v) is 15.7. The first-order valence-electron chi connectivity index (χ1n) is 8.02. The number of benzene rings is 1. The number of methoxy groups -OCH3 is 2. The van der Waals surface area contributed by atoms with Gasteiger partial charge in [0.05, 0.1) is 33.1 Å². The van der Waals surface area contributed by atoms with E-state index < -0.39 is 12.0 Å². The minimum atomic E-state index is -0.461. The summed E-state index contributed by atoms with van der Waals surface area (Å²) in [7, 11) is 2.82. The molecule has 6 nitrogen and oxygen atoms in total. The van der Waals surface area contributed by atoms with Crippen molar-refractivity contribution in [2.24, 2.45) is 0 Å². The van der Waals surface area contributed by atoms with Gasteiger partial charge >= 0.3 is 5.97 Å². The lowest BCUT2D eigenvalue weighted by Gasteiger charge is -2.17. The number of esters is 1. The van der Waals surface area contributed by atoms with Crippen molar-refractivity contribution in [1.29, 1.82) is 0 Å². The molecule has 0 aliphatic carbocycles. The number of hydrogen-bond donors (Lipinski definition) is 1. The van der Waals surface area contributed by atoms with Gasteiger partial charge in [-0.05, 0) is 36.6 Å². The summed E-state index contributed by atoms with van der Waals surface area (Å²) < 4.78 is 9.99. The number of Topliss-reactive ketones (excluding diaryl/α,β-unsaturated/α-hetero) is 1. The largest absolute Gasteiger partial charge is 0.496 e. The van der Waals surface area contributed by atoms with E-state index in [1.807, 2.05) is 17.5 Å². The second-order valence-electron chi connectivity index (χ2n) is 5.68. The molecule has 26 heavy (non-hydrogen) atoms. The van der Waals surface area contributed by atoms with Crippen molar-refractivity contribution in [3.05, 3.63) is 51.7 Å². The van der Waals surface area contributed by atoms with Crippen LogP contribution in [0.2, 0.25) is 0 Å². The van der Waals surface area contributed by atoms with E-state index >= 15 is 0 Å². The molecule has 0 unspecified atom stereocenters. The Balaban J connectivity index is 2.16. The summed E-state index contributed by atoms with van der Waals surface area (Å²) in [6.45, 7) is 1.47. The molecule has 0 radical (unpaired) electrons. The molecule has 2 aromatic rings. The number of amides is 1.